The Labute approximate surface area is 138 Å². The van der Waals surface area contributed by atoms with Crippen molar-refractivity contribution in [1.29, 1.82) is 0 Å². The summed E-state index contributed by atoms with van der Waals surface area (Å²) in [4.78, 5) is 14.1. The second kappa shape index (κ2) is 6.59. The standard InChI is InChI=1S/C17H19F2N3O2/c1-10(2)14-9-16(24-21-14)15-4-3-7-22(15)17(23)20-13-6-5-11(18)8-12(13)19/h5-6,8-10,15H,3-4,7H2,1-2H3,(H,20,23)/t15-/m0/s1. The summed E-state index contributed by atoms with van der Waals surface area (Å²) in [5.74, 6) is -0.626. The lowest BCUT2D eigenvalue weighted by Gasteiger charge is -2.23. The number of carbonyl (C=O) groups is 1. The first-order valence-corrected chi connectivity index (χ1v) is 7.95. The second-order valence-electron chi connectivity index (χ2n) is 6.21. The van der Waals surface area contributed by atoms with E-state index in [1.54, 1.807) is 4.90 Å². The van der Waals surface area contributed by atoms with Crippen molar-refractivity contribution < 1.29 is 18.1 Å². The molecule has 24 heavy (non-hydrogen) atoms. The number of nitrogens with zero attached hydrogens (tertiary/aromatic N) is 2. The molecular weight excluding hydrogens is 316 g/mol. The zero-order valence-corrected chi connectivity index (χ0v) is 13.6. The Balaban J connectivity index is 1.75. The van der Waals surface area contributed by atoms with Crippen molar-refractivity contribution in [2.24, 2.45) is 0 Å². The average molecular weight is 335 g/mol. The van der Waals surface area contributed by atoms with E-state index in [1.807, 2.05) is 19.9 Å². The largest absolute Gasteiger partial charge is 0.359 e. The van der Waals surface area contributed by atoms with Crippen LogP contribution in [0.15, 0.2) is 28.8 Å². The number of carbonyl (C=O) groups excluding carboxylic acids is 1. The van der Waals surface area contributed by atoms with Crippen molar-refractivity contribution in [2.45, 2.75) is 38.6 Å². The fraction of sp³-hybridized carbons (Fsp3) is 0.412. The average Bonchev–Trinajstić information content (AvgIpc) is 3.17. The first kappa shape index (κ1) is 16.4. The Morgan fingerprint density at radius 3 is 2.83 bits per heavy atom. The molecule has 1 aliphatic heterocycles. The van der Waals surface area contributed by atoms with Crippen LogP contribution in [0.1, 0.15) is 50.1 Å². The highest BCUT2D eigenvalue weighted by Gasteiger charge is 2.33. The third kappa shape index (κ3) is 3.25. The molecule has 0 saturated carbocycles. The third-order valence-electron chi connectivity index (χ3n) is 4.15. The van der Waals surface area contributed by atoms with Crippen molar-refractivity contribution in [3.63, 3.8) is 0 Å². The Morgan fingerprint density at radius 1 is 1.38 bits per heavy atom. The maximum absolute atomic E-state index is 13.7. The number of urea groups is 1. The van der Waals surface area contributed by atoms with Gasteiger partial charge in [-0.1, -0.05) is 19.0 Å². The van der Waals surface area contributed by atoms with Gasteiger partial charge in [-0.3, -0.25) is 0 Å². The molecule has 2 amide bonds. The van der Waals surface area contributed by atoms with Crippen LogP contribution in [-0.2, 0) is 0 Å². The Kier molecular flexibility index (Phi) is 4.51. The van der Waals surface area contributed by atoms with Crippen LogP contribution in [0, 0.1) is 11.6 Å². The van der Waals surface area contributed by atoms with E-state index in [9.17, 15) is 13.6 Å². The van der Waals surface area contributed by atoms with Crippen LogP contribution in [0.5, 0.6) is 0 Å². The number of amides is 2. The summed E-state index contributed by atoms with van der Waals surface area (Å²) in [7, 11) is 0. The lowest BCUT2D eigenvalue weighted by Crippen LogP contribution is -2.34. The van der Waals surface area contributed by atoms with E-state index in [4.69, 9.17) is 4.52 Å². The van der Waals surface area contributed by atoms with Crippen LogP contribution >= 0.6 is 0 Å². The Hall–Kier alpha value is -2.44. The molecule has 1 aliphatic rings. The van der Waals surface area contributed by atoms with Crippen molar-refractivity contribution in [3.8, 4) is 0 Å². The van der Waals surface area contributed by atoms with Gasteiger partial charge < -0.3 is 14.7 Å². The second-order valence-corrected chi connectivity index (χ2v) is 6.21. The van der Waals surface area contributed by atoms with Gasteiger partial charge in [-0.15, -0.1) is 0 Å². The molecule has 3 rings (SSSR count). The van der Waals surface area contributed by atoms with Crippen LogP contribution in [-0.4, -0.2) is 22.6 Å². The summed E-state index contributed by atoms with van der Waals surface area (Å²) in [6, 6.07) is 4.24. The van der Waals surface area contributed by atoms with E-state index in [0.29, 0.717) is 12.3 Å². The number of nitrogens with one attached hydrogen (secondary N) is 1. The number of aromatic nitrogens is 1. The zero-order valence-electron chi connectivity index (χ0n) is 13.6. The molecule has 7 heteroatoms. The van der Waals surface area contributed by atoms with Crippen LogP contribution in [0.2, 0.25) is 0 Å². The molecular formula is C17H19F2N3O2. The molecule has 0 unspecified atom stereocenters. The number of likely N-dealkylation sites (tertiary alicyclic amines) is 1. The maximum Gasteiger partial charge on any atom is 0.322 e. The third-order valence-corrected chi connectivity index (χ3v) is 4.15. The number of hydrogen-bond acceptors (Lipinski definition) is 3. The Morgan fingerprint density at radius 2 is 2.17 bits per heavy atom. The van der Waals surface area contributed by atoms with E-state index in [0.717, 1.165) is 30.7 Å². The number of halogens is 2. The summed E-state index contributed by atoms with van der Waals surface area (Å²) < 4.78 is 32.0. The van der Waals surface area contributed by atoms with Crippen LogP contribution in [0.3, 0.4) is 0 Å². The molecule has 128 valence electrons. The normalized spacial score (nSPS) is 17.5. The van der Waals surface area contributed by atoms with E-state index in [-0.39, 0.29) is 17.6 Å². The molecule has 1 aromatic heterocycles. The monoisotopic (exact) mass is 335 g/mol. The van der Waals surface area contributed by atoms with Gasteiger partial charge in [0.1, 0.15) is 11.6 Å². The van der Waals surface area contributed by atoms with Gasteiger partial charge in [0.15, 0.2) is 5.76 Å². The molecule has 1 aromatic carbocycles. The molecule has 0 spiro atoms. The Bertz CT molecular complexity index is 745. The fourth-order valence-corrected chi connectivity index (χ4v) is 2.82. The van der Waals surface area contributed by atoms with E-state index < -0.39 is 17.7 Å². The minimum atomic E-state index is -0.805. The van der Waals surface area contributed by atoms with Crippen LogP contribution < -0.4 is 5.32 Å². The van der Waals surface area contributed by atoms with Gasteiger partial charge >= 0.3 is 6.03 Å². The van der Waals surface area contributed by atoms with Gasteiger partial charge in [-0.2, -0.15) is 0 Å². The summed E-state index contributed by atoms with van der Waals surface area (Å²) in [6.45, 7) is 4.56. The van der Waals surface area contributed by atoms with E-state index in [1.165, 1.54) is 6.07 Å². The smallest absolute Gasteiger partial charge is 0.322 e. The highest BCUT2D eigenvalue weighted by molar-refractivity contribution is 5.89. The molecule has 1 saturated heterocycles. The quantitative estimate of drug-likeness (QED) is 0.902. The molecule has 5 nitrogen and oxygen atoms in total. The molecule has 0 aliphatic carbocycles. The number of hydrogen-bond donors (Lipinski definition) is 1. The molecule has 1 fully saturated rings. The summed E-state index contributed by atoms with van der Waals surface area (Å²) in [6.07, 6.45) is 1.58. The highest BCUT2D eigenvalue weighted by Crippen LogP contribution is 2.33. The minimum Gasteiger partial charge on any atom is -0.359 e. The van der Waals surface area contributed by atoms with Gasteiger partial charge in [0, 0.05) is 18.7 Å². The number of benzene rings is 1. The van der Waals surface area contributed by atoms with Gasteiger partial charge in [0.25, 0.3) is 0 Å². The van der Waals surface area contributed by atoms with Crippen molar-refractivity contribution in [2.75, 3.05) is 11.9 Å². The zero-order chi connectivity index (χ0) is 17.3. The van der Waals surface area contributed by atoms with Crippen molar-refractivity contribution >= 4 is 11.7 Å². The predicted molar refractivity (Wildman–Crippen MR) is 84.6 cm³/mol. The molecule has 0 bridgehead atoms. The predicted octanol–water partition coefficient (Wildman–Crippen LogP) is 4.45. The molecule has 1 atom stereocenters. The lowest BCUT2D eigenvalue weighted by atomic mass is 10.1. The van der Waals surface area contributed by atoms with Gasteiger partial charge in [-0.05, 0) is 30.9 Å². The molecule has 2 aromatic rings. The minimum absolute atomic E-state index is 0.0486. The first-order valence-electron chi connectivity index (χ1n) is 7.95. The first-order chi connectivity index (χ1) is 11.5. The SMILES string of the molecule is CC(C)c1cc([C@@H]2CCCN2C(=O)Nc2ccc(F)cc2F)on1. The molecule has 0 radical (unpaired) electrons. The lowest BCUT2D eigenvalue weighted by molar-refractivity contribution is 0.195. The van der Waals surface area contributed by atoms with Gasteiger partial charge in [0.05, 0.1) is 17.4 Å². The fourth-order valence-electron chi connectivity index (χ4n) is 2.82. The molecule has 1 N–H and O–H groups in total. The summed E-state index contributed by atoms with van der Waals surface area (Å²) in [5.41, 5.74) is 0.786. The number of rotatable bonds is 3. The maximum atomic E-state index is 13.7. The highest BCUT2D eigenvalue weighted by atomic mass is 19.1. The van der Waals surface area contributed by atoms with Gasteiger partial charge in [0.2, 0.25) is 0 Å². The van der Waals surface area contributed by atoms with Crippen molar-refractivity contribution in [3.05, 3.63) is 47.4 Å². The summed E-state index contributed by atoms with van der Waals surface area (Å²) >= 11 is 0. The van der Waals surface area contributed by atoms with Crippen LogP contribution in [0.25, 0.3) is 0 Å². The number of anilines is 1. The topological polar surface area (TPSA) is 58.4 Å². The van der Waals surface area contributed by atoms with Crippen LogP contribution in [0.4, 0.5) is 19.3 Å². The van der Waals surface area contributed by atoms with Gasteiger partial charge in [-0.25, -0.2) is 13.6 Å². The summed E-state index contributed by atoms with van der Waals surface area (Å²) in [5, 5.41) is 6.52. The van der Waals surface area contributed by atoms with E-state index >= 15 is 0 Å². The van der Waals surface area contributed by atoms with Crippen molar-refractivity contribution in [1.82, 2.24) is 10.1 Å². The van der Waals surface area contributed by atoms with E-state index in [2.05, 4.69) is 10.5 Å². The molecule has 2 heterocycles.